The largest absolute Gasteiger partial charge is 0.358 e. The van der Waals surface area contributed by atoms with Crippen molar-refractivity contribution in [2.75, 3.05) is 10.1 Å². The average Bonchev–Trinajstić information content (AvgIpc) is 2.96. The van der Waals surface area contributed by atoms with Gasteiger partial charge in [0.15, 0.2) is 0 Å². The lowest BCUT2D eigenvalue weighted by Crippen LogP contribution is -2.13. The van der Waals surface area contributed by atoms with Gasteiger partial charge in [-0.15, -0.1) is 0 Å². The van der Waals surface area contributed by atoms with E-state index >= 15 is 0 Å². The lowest BCUT2D eigenvalue weighted by atomic mass is 10.1. The highest BCUT2D eigenvalue weighted by atomic mass is 79.9. The maximum atomic E-state index is 12.6. The summed E-state index contributed by atoms with van der Waals surface area (Å²) in [7, 11) is -3.66. The molecule has 2 aromatic carbocycles. The van der Waals surface area contributed by atoms with E-state index in [9.17, 15) is 8.42 Å². The van der Waals surface area contributed by atoms with Gasteiger partial charge >= 0.3 is 0 Å². The molecule has 7 heteroatoms. The van der Waals surface area contributed by atoms with Crippen LogP contribution in [0.4, 0.5) is 5.69 Å². The summed E-state index contributed by atoms with van der Waals surface area (Å²) >= 11 is 9.47. The summed E-state index contributed by atoms with van der Waals surface area (Å²) < 4.78 is 27.9. The molecular weight excluding hydrogens is 412 g/mol. The van der Waals surface area contributed by atoms with Gasteiger partial charge in [0, 0.05) is 16.9 Å². The molecule has 0 fully saturated rings. The molecule has 0 atom stereocenters. The predicted molar refractivity (Wildman–Crippen MR) is 103 cm³/mol. The number of rotatable bonds is 6. The van der Waals surface area contributed by atoms with Crippen molar-refractivity contribution in [3.63, 3.8) is 0 Å². The third-order valence-corrected chi connectivity index (χ3v) is 6.00. The Morgan fingerprint density at radius 2 is 1.88 bits per heavy atom. The number of halogens is 2. The first-order valence-electron chi connectivity index (χ1n) is 7.44. The molecule has 0 spiro atoms. The van der Waals surface area contributed by atoms with Gasteiger partial charge in [-0.1, -0.05) is 51.8 Å². The normalized spacial score (nSPS) is 11.8. The van der Waals surface area contributed by atoms with Crippen LogP contribution < -0.4 is 4.72 Å². The van der Waals surface area contributed by atoms with E-state index in [4.69, 9.17) is 11.6 Å². The van der Waals surface area contributed by atoms with E-state index in [-0.39, 0.29) is 4.90 Å². The minimum Gasteiger partial charge on any atom is -0.358 e. The maximum Gasteiger partial charge on any atom is 0.261 e. The molecule has 1 heterocycles. The number of fused-ring (bicyclic) bond motifs is 1. The Kier molecular flexibility index (Phi) is 5.18. The Morgan fingerprint density at radius 1 is 1.12 bits per heavy atom. The van der Waals surface area contributed by atoms with Crippen LogP contribution in [0.15, 0.2) is 53.6 Å². The number of para-hydroxylation sites is 1. The fraction of sp³-hybridized carbons (Fsp3) is 0.176. The summed E-state index contributed by atoms with van der Waals surface area (Å²) in [4.78, 5) is 3.24. The number of anilines is 1. The van der Waals surface area contributed by atoms with Crippen LogP contribution in [0, 0.1) is 0 Å². The molecule has 0 aliphatic carbocycles. The molecule has 0 aliphatic rings. The van der Waals surface area contributed by atoms with Crippen LogP contribution in [-0.4, -0.2) is 18.7 Å². The second kappa shape index (κ2) is 7.17. The molecule has 0 saturated carbocycles. The Balaban J connectivity index is 1.87. The number of nitrogens with one attached hydrogen (secondary N) is 2. The van der Waals surface area contributed by atoms with Crippen LogP contribution in [0.1, 0.15) is 12.0 Å². The zero-order chi connectivity index (χ0) is 17.2. The summed E-state index contributed by atoms with van der Waals surface area (Å²) in [6, 6.07) is 12.3. The third kappa shape index (κ3) is 3.61. The van der Waals surface area contributed by atoms with Crippen molar-refractivity contribution in [1.29, 1.82) is 0 Å². The number of aryl methyl sites for hydroxylation is 1. The number of benzene rings is 2. The summed E-state index contributed by atoms with van der Waals surface area (Å²) in [6.07, 6.45) is 3.57. The van der Waals surface area contributed by atoms with Crippen molar-refractivity contribution in [1.82, 2.24) is 4.98 Å². The summed E-state index contributed by atoms with van der Waals surface area (Å²) in [5, 5.41) is 2.27. The van der Waals surface area contributed by atoms with E-state index in [0.29, 0.717) is 16.2 Å². The number of hydrogen-bond donors (Lipinski definition) is 2. The van der Waals surface area contributed by atoms with Crippen molar-refractivity contribution in [3.8, 4) is 0 Å². The Hall–Kier alpha value is -1.50. The van der Waals surface area contributed by atoms with Gasteiger partial charge in [-0.3, -0.25) is 4.72 Å². The molecule has 2 N–H and O–H groups in total. The second-order valence-corrected chi connectivity index (χ2v) is 8.29. The van der Waals surface area contributed by atoms with Crippen molar-refractivity contribution in [2.45, 2.75) is 17.7 Å². The molecule has 0 radical (unpaired) electrons. The van der Waals surface area contributed by atoms with Crippen molar-refractivity contribution >= 4 is 54.1 Å². The number of sulfonamides is 1. The third-order valence-electron chi connectivity index (χ3n) is 3.74. The van der Waals surface area contributed by atoms with Gasteiger partial charge in [-0.25, -0.2) is 8.42 Å². The highest BCUT2D eigenvalue weighted by molar-refractivity contribution is 9.09. The number of aromatic amines is 1. The fourth-order valence-electron chi connectivity index (χ4n) is 2.52. The minimum absolute atomic E-state index is 0.236. The number of aromatic nitrogens is 1. The van der Waals surface area contributed by atoms with Crippen LogP contribution in [0.3, 0.4) is 0 Å². The van der Waals surface area contributed by atoms with Gasteiger partial charge in [-0.05, 0) is 36.6 Å². The molecule has 0 aliphatic heterocycles. The van der Waals surface area contributed by atoms with Crippen LogP contribution in [0.2, 0.25) is 5.02 Å². The van der Waals surface area contributed by atoms with E-state index < -0.39 is 10.0 Å². The topological polar surface area (TPSA) is 62.0 Å². The van der Waals surface area contributed by atoms with E-state index in [2.05, 4.69) is 25.6 Å². The number of hydrogen-bond acceptors (Lipinski definition) is 2. The van der Waals surface area contributed by atoms with E-state index in [0.717, 1.165) is 29.1 Å². The van der Waals surface area contributed by atoms with E-state index in [1.54, 1.807) is 30.5 Å². The summed E-state index contributed by atoms with van der Waals surface area (Å²) in [5.74, 6) is 0. The first-order chi connectivity index (χ1) is 11.5. The molecule has 1 aromatic heterocycles. The molecular formula is C17H16BrClN2O2S. The lowest BCUT2D eigenvalue weighted by molar-refractivity contribution is 0.601. The summed E-state index contributed by atoms with van der Waals surface area (Å²) in [5.41, 5.74) is 2.26. The monoisotopic (exact) mass is 426 g/mol. The van der Waals surface area contributed by atoms with Crippen molar-refractivity contribution in [2.24, 2.45) is 0 Å². The number of H-pyrrole nitrogens is 1. The Bertz CT molecular complexity index is 952. The van der Waals surface area contributed by atoms with Crippen LogP contribution >= 0.6 is 27.5 Å². The van der Waals surface area contributed by atoms with E-state index in [1.165, 1.54) is 0 Å². The first-order valence-corrected chi connectivity index (χ1v) is 10.4. The van der Waals surface area contributed by atoms with Crippen LogP contribution in [-0.2, 0) is 16.4 Å². The minimum atomic E-state index is -3.66. The van der Waals surface area contributed by atoms with Gasteiger partial charge < -0.3 is 4.98 Å². The highest BCUT2D eigenvalue weighted by Gasteiger charge is 2.16. The highest BCUT2D eigenvalue weighted by Crippen LogP contribution is 2.29. The molecule has 0 unspecified atom stereocenters. The fourth-order valence-corrected chi connectivity index (χ4v) is 4.08. The molecule has 0 saturated heterocycles. The predicted octanol–water partition coefficient (Wildman–Crippen LogP) is 4.95. The second-order valence-electron chi connectivity index (χ2n) is 5.41. The zero-order valence-corrected chi connectivity index (χ0v) is 15.9. The molecule has 3 aromatic rings. The average molecular weight is 428 g/mol. The zero-order valence-electron chi connectivity index (χ0n) is 12.7. The molecule has 4 nitrogen and oxygen atoms in total. The van der Waals surface area contributed by atoms with Gasteiger partial charge in [0.25, 0.3) is 10.0 Å². The molecule has 3 rings (SSSR count). The Morgan fingerprint density at radius 3 is 2.58 bits per heavy atom. The SMILES string of the molecule is O=S(=O)(Nc1cccc2c(Cl)c[nH]c12)c1ccc(CCCBr)cc1. The van der Waals surface area contributed by atoms with Gasteiger partial charge in [0.05, 0.1) is 21.1 Å². The quantitative estimate of drug-likeness (QED) is 0.547. The van der Waals surface area contributed by atoms with Gasteiger partial charge in [0.1, 0.15) is 0 Å². The summed E-state index contributed by atoms with van der Waals surface area (Å²) in [6.45, 7) is 0. The molecule has 0 bridgehead atoms. The first kappa shape index (κ1) is 17.3. The molecule has 24 heavy (non-hydrogen) atoms. The smallest absolute Gasteiger partial charge is 0.261 e. The van der Waals surface area contributed by atoms with Gasteiger partial charge in [0.2, 0.25) is 0 Å². The van der Waals surface area contributed by atoms with E-state index in [1.807, 2.05) is 18.2 Å². The van der Waals surface area contributed by atoms with Crippen LogP contribution in [0.5, 0.6) is 0 Å². The van der Waals surface area contributed by atoms with Crippen molar-refractivity contribution in [3.05, 3.63) is 59.2 Å². The number of alkyl halides is 1. The molecule has 126 valence electrons. The Labute approximate surface area is 154 Å². The standard InChI is InChI=1S/C17H16BrClN2O2S/c18-10-2-3-12-6-8-13(9-7-12)24(22,23)21-16-5-1-4-14-15(19)11-20-17(14)16/h1,4-9,11,20-21H,2-3,10H2. The molecule has 0 amide bonds. The van der Waals surface area contributed by atoms with Crippen LogP contribution in [0.25, 0.3) is 10.9 Å². The van der Waals surface area contributed by atoms with Crippen molar-refractivity contribution < 1.29 is 8.42 Å². The van der Waals surface area contributed by atoms with Gasteiger partial charge in [-0.2, -0.15) is 0 Å². The maximum absolute atomic E-state index is 12.6. The lowest BCUT2D eigenvalue weighted by Gasteiger charge is -2.10.